The molecule has 172 valence electrons. The van der Waals surface area contributed by atoms with Crippen LogP contribution in [0.25, 0.3) is 0 Å². The molecule has 3 saturated carbocycles. The highest BCUT2D eigenvalue weighted by molar-refractivity contribution is 5.26. The number of ether oxygens (including phenoxy) is 1. The molecule has 0 aromatic heterocycles. The molecule has 1 N–H and O–H groups in total. The van der Waals surface area contributed by atoms with Gasteiger partial charge in [0.15, 0.2) is 0 Å². The molecule has 0 saturated heterocycles. The zero-order valence-electron chi connectivity index (χ0n) is 20.9. The zero-order chi connectivity index (χ0) is 21.9. The lowest BCUT2D eigenvalue weighted by atomic mass is 9.46. The number of methoxy groups -OCH3 is 1. The van der Waals surface area contributed by atoms with Gasteiger partial charge in [0.1, 0.15) is 0 Å². The van der Waals surface area contributed by atoms with Crippen LogP contribution in [0, 0.1) is 40.4 Å². The van der Waals surface area contributed by atoms with Crippen molar-refractivity contribution in [2.75, 3.05) is 7.11 Å². The van der Waals surface area contributed by atoms with Crippen molar-refractivity contribution < 1.29 is 9.84 Å². The number of hydrogen-bond acceptors (Lipinski definition) is 2. The first-order chi connectivity index (χ1) is 13.9. The third kappa shape index (κ3) is 3.72. The van der Waals surface area contributed by atoms with Crippen LogP contribution < -0.4 is 0 Å². The highest BCUT2D eigenvalue weighted by Gasteiger charge is 2.59. The first-order valence-corrected chi connectivity index (χ1v) is 12.9. The molecule has 4 aliphatic rings. The Hall–Kier alpha value is -0.340. The molecule has 4 rings (SSSR count). The average molecular weight is 417 g/mol. The highest BCUT2D eigenvalue weighted by atomic mass is 16.5. The van der Waals surface area contributed by atoms with E-state index in [9.17, 15) is 5.11 Å². The number of hydrogen-bond donors (Lipinski definition) is 1. The van der Waals surface area contributed by atoms with Crippen molar-refractivity contribution in [3.63, 3.8) is 0 Å². The Morgan fingerprint density at radius 2 is 1.83 bits per heavy atom. The van der Waals surface area contributed by atoms with Crippen LogP contribution in [0.3, 0.4) is 0 Å². The topological polar surface area (TPSA) is 29.5 Å². The van der Waals surface area contributed by atoms with E-state index in [0.29, 0.717) is 10.8 Å². The van der Waals surface area contributed by atoms with E-state index in [-0.39, 0.29) is 5.60 Å². The van der Waals surface area contributed by atoms with E-state index >= 15 is 0 Å². The Bertz CT molecular complexity index is 676. The molecule has 0 unspecified atom stereocenters. The molecule has 2 heteroatoms. The van der Waals surface area contributed by atoms with Crippen LogP contribution in [0.2, 0.25) is 0 Å². The van der Waals surface area contributed by atoms with Gasteiger partial charge in [0.2, 0.25) is 0 Å². The van der Waals surface area contributed by atoms with E-state index in [1.165, 1.54) is 44.9 Å². The lowest BCUT2D eigenvalue weighted by Crippen LogP contribution is -2.52. The largest absolute Gasteiger partial charge is 0.390 e. The predicted octanol–water partition coefficient (Wildman–Crippen LogP) is 7.16. The zero-order valence-corrected chi connectivity index (χ0v) is 20.9. The molecular weight excluding hydrogens is 368 g/mol. The minimum Gasteiger partial charge on any atom is -0.390 e. The quantitative estimate of drug-likeness (QED) is 0.482. The molecule has 30 heavy (non-hydrogen) atoms. The minimum atomic E-state index is -0.481. The van der Waals surface area contributed by atoms with Gasteiger partial charge in [-0.3, -0.25) is 0 Å². The maximum Gasteiger partial charge on any atom is 0.0657 e. The molecule has 0 bridgehead atoms. The van der Waals surface area contributed by atoms with Crippen LogP contribution in [0.1, 0.15) is 106 Å². The predicted molar refractivity (Wildman–Crippen MR) is 125 cm³/mol. The summed E-state index contributed by atoms with van der Waals surface area (Å²) in [7, 11) is 1.86. The monoisotopic (exact) mass is 416 g/mol. The Kier molecular flexibility index (Phi) is 5.80. The number of aliphatic hydroxyl groups is 1. The molecule has 0 amide bonds. The number of fused-ring (bicyclic) bond motifs is 5. The molecule has 0 aliphatic heterocycles. The van der Waals surface area contributed by atoms with Gasteiger partial charge in [0.05, 0.1) is 11.2 Å². The molecule has 0 aromatic rings. The van der Waals surface area contributed by atoms with Crippen LogP contribution in [0.4, 0.5) is 0 Å². The third-order valence-corrected chi connectivity index (χ3v) is 10.9. The Morgan fingerprint density at radius 3 is 2.53 bits per heavy atom. The van der Waals surface area contributed by atoms with Crippen LogP contribution in [-0.4, -0.2) is 23.4 Å². The standard InChI is InChI=1S/C28H48O2/c1-19(12-14-25(2,3)30-7)22-10-11-23-21-9-8-20-18-26(4,29)16-17-27(20,5)24(21)13-15-28(22,23)6/h8,19,21-24,29H,9-18H2,1-7H3/t19-,21+,22-,23+,24+,26+,27+,28-/m1/s1. The fraction of sp³-hybridized carbons (Fsp3) is 0.929. The highest BCUT2D eigenvalue weighted by Crippen LogP contribution is 2.67. The van der Waals surface area contributed by atoms with Gasteiger partial charge in [-0.05, 0) is 125 Å². The second kappa shape index (κ2) is 7.62. The van der Waals surface area contributed by atoms with Gasteiger partial charge in [-0.25, -0.2) is 0 Å². The van der Waals surface area contributed by atoms with E-state index in [0.717, 1.165) is 48.9 Å². The van der Waals surface area contributed by atoms with E-state index in [1.807, 2.05) is 14.0 Å². The van der Waals surface area contributed by atoms with Gasteiger partial charge in [-0.2, -0.15) is 0 Å². The molecule has 8 atom stereocenters. The summed E-state index contributed by atoms with van der Waals surface area (Å²) in [5.41, 5.74) is 1.99. The average Bonchev–Trinajstić information content (AvgIpc) is 3.04. The van der Waals surface area contributed by atoms with Crippen LogP contribution in [-0.2, 0) is 4.74 Å². The fourth-order valence-corrected chi connectivity index (χ4v) is 8.66. The Labute approximate surface area is 186 Å². The maximum atomic E-state index is 10.7. The maximum absolute atomic E-state index is 10.7. The first-order valence-electron chi connectivity index (χ1n) is 12.9. The number of allylic oxidation sites excluding steroid dienone is 1. The van der Waals surface area contributed by atoms with Crippen LogP contribution in [0.5, 0.6) is 0 Å². The third-order valence-electron chi connectivity index (χ3n) is 10.9. The summed E-state index contributed by atoms with van der Waals surface area (Å²) >= 11 is 0. The SMILES string of the molecule is COC(C)(C)CC[C@@H](C)[C@H]1CC[C@H]2[C@@H]3CC=C4C[C@@](C)(O)CC[C@]4(C)[C@H]3CC[C@]12C. The summed E-state index contributed by atoms with van der Waals surface area (Å²) in [6.45, 7) is 14.3. The molecule has 3 fully saturated rings. The smallest absolute Gasteiger partial charge is 0.0657 e. The molecule has 4 aliphatic carbocycles. The second-order valence-electron chi connectivity index (χ2n) is 13.1. The molecule has 0 heterocycles. The lowest BCUT2D eigenvalue weighted by molar-refractivity contribution is -0.0717. The van der Waals surface area contributed by atoms with Crippen molar-refractivity contribution in [1.29, 1.82) is 0 Å². The van der Waals surface area contributed by atoms with Gasteiger partial charge >= 0.3 is 0 Å². The molecule has 0 aromatic carbocycles. The van der Waals surface area contributed by atoms with E-state index < -0.39 is 5.60 Å². The fourth-order valence-electron chi connectivity index (χ4n) is 8.66. The van der Waals surface area contributed by atoms with Gasteiger partial charge in [-0.1, -0.05) is 32.4 Å². The number of rotatable bonds is 5. The van der Waals surface area contributed by atoms with Crippen molar-refractivity contribution >= 4 is 0 Å². The van der Waals surface area contributed by atoms with Crippen molar-refractivity contribution in [2.24, 2.45) is 40.4 Å². The molecule has 2 nitrogen and oxygen atoms in total. The second-order valence-corrected chi connectivity index (χ2v) is 13.1. The Morgan fingerprint density at radius 1 is 1.10 bits per heavy atom. The van der Waals surface area contributed by atoms with Gasteiger partial charge in [0.25, 0.3) is 0 Å². The van der Waals surface area contributed by atoms with Crippen molar-refractivity contribution in [3.05, 3.63) is 11.6 Å². The van der Waals surface area contributed by atoms with Gasteiger partial charge in [-0.15, -0.1) is 0 Å². The normalized spacial score (nSPS) is 47.1. The van der Waals surface area contributed by atoms with Crippen LogP contribution in [0.15, 0.2) is 11.6 Å². The first kappa shape index (κ1) is 22.8. The van der Waals surface area contributed by atoms with Crippen LogP contribution >= 0.6 is 0 Å². The molecular formula is C28H48O2. The van der Waals surface area contributed by atoms with E-state index in [1.54, 1.807) is 5.57 Å². The minimum absolute atomic E-state index is 0.00613. The summed E-state index contributed by atoms with van der Waals surface area (Å²) < 4.78 is 5.70. The summed E-state index contributed by atoms with van der Waals surface area (Å²) in [5.74, 6) is 4.28. The van der Waals surface area contributed by atoms with Crippen molar-refractivity contribution in [1.82, 2.24) is 0 Å². The summed E-state index contributed by atoms with van der Waals surface area (Å²) in [6.07, 6.45) is 15.1. The van der Waals surface area contributed by atoms with E-state index in [2.05, 4.69) is 40.7 Å². The van der Waals surface area contributed by atoms with Crippen molar-refractivity contribution in [3.8, 4) is 0 Å². The van der Waals surface area contributed by atoms with Gasteiger partial charge in [0, 0.05) is 7.11 Å². The van der Waals surface area contributed by atoms with Gasteiger partial charge < -0.3 is 9.84 Å². The Balaban J connectivity index is 1.51. The molecule has 0 spiro atoms. The summed E-state index contributed by atoms with van der Waals surface area (Å²) in [5, 5.41) is 10.7. The summed E-state index contributed by atoms with van der Waals surface area (Å²) in [4.78, 5) is 0. The summed E-state index contributed by atoms with van der Waals surface area (Å²) in [6, 6.07) is 0. The molecule has 0 radical (unpaired) electrons. The van der Waals surface area contributed by atoms with E-state index in [4.69, 9.17) is 4.74 Å². The van der Waals surface area contributed by atoms with Crippen molar-refractivity contribution in [2.45, 2.75) is 117 Å². The lowest BCUT2D eigenvalue weighted by Gasteiger charge is -2.59.